The third-order valence-electron chi connectivity index (χ3n) is 4.74. The molecule has 4 aromatic heterocycles. The average molecular weight is 463 g/mol. The van der Waals surface area contributed by atoms with E-state index in [9.17, 15) is 0 Å². The van der Waals surface area contributed by atoms with Crippen molar-refractivity contribution in [3.05, 3.63) is 24.8 Å². The summed E-state index contributed by atoms with van der Waals surface area (Å²) in [7, 11) is 0. The van der Waals surface area contributed by atoms with Crippen molar-refractivity contribution in [2.24, 2.45) is 0 Å². The normalized spacial score (nSPS) is 16.9. The lowest BCUT2D eigenvalue weighted by molar-refractivity contribution is 0.373. The van der Waals surface area contributed by atoms with Gasteiger partial charge in [-0.3, -0.25) is 5.10 Å². The van der Waals surface area contributed by atoms with Gasteiger partial charge in [-0.15, -0.1) is 12.4 Å². The molecule has 0 saturated carbocycles. The Balaban J connectivity index is 0.00000218. The molecule has 0 aromatic carbocycles. The largest absolute Gasteiger partial charge is 0.346 e. The first-order valence-corrected chi connectivity index (χ1v) is 11.2. The van der Waals surface area contributed by atoms with E-state index in [1.165, 1.54) is 0 Å². The molecule has 4 aromatic rings. The lowest BCUT2D eigenvalue weighted by Gasteiger charge is -2.25. The molecule has 5 heterocycles. The minimum Gasteiger partial charge on any atom is -0.346 e. The maximum absolute atomic E-state index is 4.83. The van der Waals surface area contributed by atoms with Crippen molar-refractivity contribution in [1.82, 2.24) is 35.5 Å². The Bertz CT molecular complexity index is 1080. The van der Waals surface area contributed by atoms with Gasteiger partial charge >= 0.3 is 0 Å². The molecule has 1 fully saturated rings. The van der Waals surface area contributed by atoms with Crippen LogP contribution in [0.15, 0.2) is 24.8 Å². The minimum atomic E-state index is 0. The highest BCUT2D eigenvalue weighted by atomic mass is 35.5. The Morgan fingerprint density at radius 1 is 1.07 bits per heavy atom. The predicted octanol–water partition coefficient (Wildman–Crippen LogP) is 3.99. The van der Waals surface area contributed by atoms with E-state index in [4.69, 9.17) is 9.97 Å². The van der Waals surface area contributed by atoms with Crippen LogP contribution in [0.5, 0.6) is 0 Å². The molecule has 0 amide bonds. The molecule has 0 radical (unpaired) electrons. The van der Waals surface area contributed by atoms with Crippen LogP contribution in [0.4, 0.5) is 5.13 Å². The maximum Gasteiger partial charge on any atom is 0.188 e. The number of aromatic nitrogens is 6. The number of fused-ring (bicyclic) bond motifs is 1. The predicted molar refractivity (Wildman–Crippen MR) is 125 cm³/mol. The minimum absolute atomic E-state index is 0. The fourth-order valence-electron chi connectivity index (χ4n) is 3.52. The SMILES string of the molecule is CC(C)(C)NC1CCN(c2nc3sc(-c4ncc(-c5cn[nH]c5)cn4)nc3s2)C1.Cl. The van der Waals surface area contributed by atoms with Crippen molar-refractivity contribution >= 4 is 49.9 Å². The van der Waals surface area contributed by atoms with E-state index in [1.54, 1.807) is 41.3 Å². The van der Waals surface area contributed by atoms with Crippen molar-refractivity contribution in [1.29, 1.82) is 0 Å². The van der Waals surface area contributed by atoms with Crippen LogP contribution in [-0.2, 0) is 0 Å². The monoisotopic (exact) mass is 462 g/mol. The number of anilines is 1. The molecule has 30 heavy (non-hydrogen) atoms. The molecule has 5 rings (SSSR count). The highest BCUT2D eigenvalue weighted by Gasteiger charge is 2.28. The second kappa shape index (κ2) is 8.18. The van der Waals surface area contributed by atoms with E-state index >= 15 is 0 Å². The molecule has 0 spiro atoms. The number of aromatic amines is 1. The van der Waals surface area contributed by atoms with Gasteiger partial charge in [-0.1, -0.05) is 22.7 Å². The van der Waals surface area contributed by atoms with E-state index < -0.39 is 0 Å². The standard InChI is InChI=1S/C19H22N8S2.ClH/c1-19(2,3)26-13-4-5-27(10-13)18-25-17-16(29-18)24-15(28-17)14-20-6-11(7-21-14)12-8-22-23-9-12;/h6-9,13,26H,4-5,10H2,1-3H3,(H,22,23);1H. The van der Waals surface area contributed by atoms with Crippen LogP contribution in [0.25, 0.3) is 31.6 Å². The zero-order valence-electron chi connectivity index (χ0n) is 16.9. The third kappa shape index (κ3) is 4.31. The number of halogens is 1. The summed E-state index contributed by atoms with van der Waals surface area (Å²) in [4.78, 5) is 22.8. The van der Waals surface area contributed by atoms with Crippen LogP contribution < -0.4 is 10.2 Å². The van der Waals surface area contributed by atoms with E-state index in [0.29, 0.717) is 11.9 Å². The van der Waals surface area contributed by atoms with Gasteiger partial charge < -0.3 is 10.2 Å². The summed E-state index contributed by atoms with van der Waals surface area (Å²) in [6.07, 6.45) is 8.31. The number of thiazole rings is 2. The van der Waals surface area contributed by atoms with Crippen LogP contribution in [-0.4, -0.2) is 54.8 Å². The molecule has 1 aliphatic rings. The first kappa shape index (κ1) is 21.1. The number of hydrogen-bond acceptors (Lipinski definition) is 9. The summed E-state index contributed by atoms with van der Waals surface area (Å²) in [5.41, 5.74) is 2.02. The second-order valence-electron chi connectivity index (χ2n) is 8.23. The van der Waals surface area contributed by atoms with Crippen LogP contribution in [0.3, 0.4) is 0 Å². The number of nitrogens with one attached hydrogen (secondary N) is 2. The van der Waals surface area contributed by atoms with Gasteiger partial charge in [0.05, 0.1) is 6.20 Å². The highest BCUT2D eigenvalue weighted by molar-refractivity contribution is 7.29. The molecular weight excluding hydrogens is 440 g/mol. The second-order valence-corrected chi connectivity index (χ2v) is 10.2. The number of nitrogens with zero attached hydrogens (tertiary/aromatic N) is 6. The topological polar surface area (TPSA) is 95.5 Å². The molecule has 11 heteroatoms. The molecule has 8 nitrogen and oxygen atoms in total. The van der Waals surface area contributed by atoms with E-state index in [2.05, 4.69) is 51.2 Å². The lowest BCUT2D eigenvalue weighted by Crippen LogP contribution is -2.44. The Morgan fingerprint density at radius 2 is 1.83 bits per heavy atom. The average Bonchev–Trinajstić information content (AvgIpc) is 3.44. The molecule has 158 valence electrons. The van der Waals surface area contributed by atoms with Crippen molar-refractivity contribution in [2.45, 2.75) is 38.8 Å². The molecule has 2 N–H and O–H groups in total. The Hall–Kier alpha value is -2.14. The van der Waals surface area contributed by atoms with Crippen molar-refractivity contribution in [3.63, 3.8) is 0 Å². The van der Waals surface area contributed by atoms with Gasteiger partial charge in [-0.2, -0.15) is 5.10 Å². The fourth-order valence-corrected chi connectivity index (χ4v) is 5.54. The van der Waals surface area contributed by atoms with Crippen molar-refractivity contribution < 1.29 is 0 Å². The van der Waals surface area contributed by atoms with Crippen LogP contribution >= 0.6 is 35.1 Å². The first-order valence-electron chi connectivity index (χ1n) is 9.56. The molecule has 1 aliphatic heterocycles. The molecule has 0 bridgehead atoms. The Labute approximate surface area is 188 Å². The van der Waals surface area contributed by atoms with Crippen LogP contribution in [0, 0.1) is 0 Å². The number of H-pyrrole nitrogens is 1. The summed E-state index contributed by atoms with van der Waals surface area (Å²) < 4.78 is 0. The quantitative estimate of drug-likeness (QED) is 0.473. The van der Waals surface area contributed by atoms with Gasteiger partial charge in [0, 0.05) is 54.4 Å². The molecule has 1 atom stereocenters. The molecular formula is C19H23ClN8S2. The molecule has 1 saturated heterocycles. The molecule has 0 aliphatic carbocycles. The maximum atomic E-state index is 4.83. The zero-order valence-corrected chi connectivity index (χ0v) is 19.4. The number of hydrogen-bond donors (Lipinski definition) is 2. The van der Waals surface area contributed by atoms with E-state index in [0.717, 1.165) is 50.4 Å². The lowest BCUT2D eigenvalue weighted by atomic mass is 10.1. The summed E-state index contributed by atoms with van der Waals surface area (Å²) in [6.45, 7) is 8.66. The summed E-state index contributed by atoms with van der Waals surface area (Å²) in [5.74, 6) is 0.629. The van der Waals surface area contributed by atoms with Crippen LogP contribution in [0.2, 0.25) is 0 Å². The molecule has 1 unspecified atom stereocenters. The fraction of sp³-hybridized carbons (Fsp3) is 0.421. The summed E-state index contributed by atoms with van der Waals surface area (Å²) in [6, 6.07) is 0.502. The van der Waals surface area contributed by atoms with Crippen molar-refractivity contribution in [3.8, 4) is 22.0 Å². The van der Waals surface area contributed by atoms with Crippen molar-refractivity contribution in [2.75, 3.05) is 18.0 Å². The van der Waals surface area contributed by atoms with E-state index in [1.807, 2.05) is 6.20 Å². The third-order valence-corrected chi connectivity index (χ3v) is 6.82. The van der Waals surface area contributed by atoms with Gasteiger partial charge in [-0.05, 0) is 27.2 Å². The highest BCUT2D eigenvalue weighted by Crippen LogP contribution is 2.36. The van der Waals surface area contributed by atoms with Gasteiger partial charge in [-0.25, -0.2) is 19.9 Å². The van der Waals surface area contributed by atoms with Gasteiger partial charge in [0.1, 0.15) is 0 Å². The van der Waals surface area contributed by atoms with Gasteiger partial charge in [0.25, 0.3) is 0 Å². The van der Waals surface area contributed by atoms with Gasteiger partial charge in [0.15, 0.2) is 25.6 Å². The number of rotatable bonds is 4. The smallest absolute Gasteiger partial charge is 0.188 e. The summed E-state index contributed by atoms with van der Waals surface area (Å²) in [5, 5.41) is 12.3. The first-order chi connectivity index (χ1) is 13.9. The van der Waals surface area contributed by atoms with Gasteiger partial charge in [0.2, 0.25) is 0 Å². The zero-order chi connectivity index (χ0) is 20.0. The summed E-state index contributed by atoms with van der Waals surface area (Å²) >= 11 is 3.20. The van der Waals surface area contributed by atoms with E-state index in [-0.39, 0.29) is 17.9 Å². The Morgan fingerprint density at radius 3 is 2.50 bits per heavy atom. The Kier molecular flexibility index (Phi) is 5.75. The van der Waals surface area contributed by atoms with Crippen LogP contribution in [0.1, 0.15) is 27.2 Å².